The van der Waals surface area contributed by atoms with Crippen molar-refractivity contribution >= 4 is 11.9 Å². The van der Waals surface area contributed by atoms with Crippen molar-refractivity contribution < 1.29 is 23.8 Å². The Balaban J connectivity index is 2.90. The number of hydrogen-bond acceptors (Lipinski definition) is 4. The van der Waals surface area contributed by atoms with Crippen LogP contribution in [0.25, 0.3) is 0 Å². The van der Waals surface area contributed by atoms with Crippen molar-refractivity contribution in [2.45, 2.75) is 6.54 Å². The molecule has 0 fully saturated rings. The number of amides is 1. The number of nitrogens with two attached hydrogens (primary N) is 1. The summed E-state index contributed by atoms with van der Waals surface area (Å²) in [6.45, 7) is -0.551. The Morgan fingerprint density at radius 1 is 1.42 bits per heavy atom. The molecule has 6 nitrogen and oxygen atoms in total. The van der Waals surface area contributed by atoms with Crippen LogP contribution in [0.5, 0.6) is 5.75 Å². The standard InChI is InChI=1S/C12H15FN2O4/c1-19-10-3-2-9(13)4-8(10)5-15(6-11(14)16)7-12(17)18/h2-4H,5-7H2,1H3,(H2,14,16)(H,17,18). The largest absolute Gasteiger partial charge is 0.496 e. The quantitative estimate of drug-likeness (QED) is 0.738. The molecule has 7 heteroatoms. The molecule has 0 aromatic heterocycles. The van der Waals surface area contributed by atoms with Crippen LogP contribution in [0.15, 0.2) is 18.2 Å². The van der Waals surface area contributed by atoms with Crippen LogP contribution in [0.2, 0.25) is 0 Å². The lowest BCUT2D eigenvalue weighted by molar-refractivity contribution is -0.138. The third-order valence-electron chi connectivity index (χ3n) is 2.37. The smallest absolute Gasteiger partial charge is 0.317 e. The molecule has 0 atom stereocenters. The molecule has 0 heterocycles. The van der Waals surface area contributed by atoms with Gasteiger partial charge in [0.1, 0.15) is 11.6 Å². The van der Waals surface area contributed by atoms with Gasteiger partial charge in [0.2, 0.25) is 5.91 Å². The predicted molar refractivity (Wildman–Crippen MR) is 65.1 cm³/mol. The van der Waals surface area contributed by atoms with E-state index in [1.165, 1.54) is 30.2 Å². The molecule has 1 aromatic carbocycles. The Morgan fingerprint density at radius 3 is 2.63 bits per heavy atom. The zero-order valence-corrected chi connectivity index (χ0v) is 10.4. The van der Waals surface area contributed by atoms with Crippen LogP contribution < -0.4 is 10.5 Å². The summed E-state index contributed by atoms with van der Waals surface area (Å²) in [7, 11) is 1.42. The molecular weight excluding hydrogens is 255 g/mol. The van der Waals surface area contributed by atoms with Crippen molar-refractivity contribution in [2.24, 2.45) is 5.73 Å². The average molecular weight is 270 g/mol. The molecule has 0 aliphatic carbocycles. The van der Waals surface area contributed by atoms with Gasteiger partial charge in [0.25, 0.3) is 0 Å². The molecule has 0 spiro atoms. The summed E-state index contributed by atoms with van der Waals surface area (Å²) in [5.41, 5.74) is 5.49. The number of hydrogen-bond donors (Lipinski definition) is 2. The van der Waals surface area contributed by atoms with Gasteiger partial charge in [0.05, 0.1) is 20.2 Å². The highest BCUT2D eigenvalue weighted by Crippen LogP contribution is 2.20. The second-order valence-corrected chi connectivity index (χ2v) is 3.96. The van der Waals surface area contributed by atoms with Crippen LogP contribution >= 0.6 is 0 Å². The fourth-order valence-corrected chi connectivity index (χ4v) is 1.69. The van der Waals surface area contributed by atoms with E-state index in [1.54, 1.807) is 0 Å². The summed E-state index contributed by atoms with van der Waals surface area (Å²) >= 11 is 0. The average Bonchev–Trinajstić information content (AvgIpc) is 2.27. The number of methoxy groups -OCH3 is 1. The van der Waals surface area contributed by atoms with Gasteiger partial charge in [-0.2, -0.15) is 0 Å². The number of nitrogens with zero attached hydrogens (tertiary/aromatic N) is 1. The SMILES string of the molecule is COc1ccc(F)cc1CN(CC(N)=O)CC(=O)O. The maximum absolute atomic E-state index is 13.2. The highest BCUT2D eigenvalue weighted by molar-refractivity contribution is 5.77. The minimum Gasteiger partial charge on any atom is -0.496 e. The van der Waals surface area contributed by atoms with E-state index < -0.39 is 17.7 Å². The highest BCUT2D eigenvalue weighted by atomic mass is 19.1. The lowest BCUT2D eigenvalue weighted by Gasteiger charge is -2.19. The molecule has 0 aliphatic rings. The van der Waals surface area contributed by atoms with Crippen LogP contribution in [0.3, 0.4) is 0 Å². The summed E-state index contributed by atoms with van der Waals surface area (Å²) in [6.07, 6.45) is 0. The van der Waals surface area contributed by atoms with Gasteiger partial charge >= 0.3 is 5.97 Å². The number of ether oxygens (including phenoxy) is 1. The van der Waals surface area contributed by atoms with Crippen molar-refractivity contribution in [1.29, 1.82) is 0 Å². The Labute approximate surface area is 109 Å². The number of carboxylic acid groups (broad SMARTS) is 1. The van der Waals surface area contributed by atoms with E-state index in [1.807, 2.05) is 0 Å². The van der Waals surface area contributed by atoms with Gasteiger partial charge in [0.15, 0.2) is 0 Å². The third-order valence-corrected chi connectivity index (χ3v) is 2.37. The minimum atomic E-state index is -1.10. The third kappa shape index (κ3) is 4.92. The number of aliphatic carboxylic acids is 1. The number of carbonyl (C=O) groups is 2. The predicted octanol–water partition coefficient (Wildman–Crippen LogP) is 0.206. The maximum atomic E-state index is 13.2. The van der Waals surface area contributed by atoms with E-state index in [4.69, 9.17) is 15.6 Å². The van der Waals surface area contributed by atoms with Gasteiger partial charge in [0, 0.05) is 12.1 Å². The molecule has 1 rings (SSSR count). The Kier molecular flexibility index (Phi) is 5.25. The molecule has 0 aliphatic heterocycles. The molecule has 0 radical (unpaired) electrons. The van der Waals surface area contributed by atoms with Crippen LogP contribution in [0.1, 0.15) is 5.56 Å². The monoisotopic (exact) mass is 270 g/mol. The fraction of sp³-hybridized carbons (Fsp3) is 0.333. The van der Waals surface area contributed by atoms with Crippen molar-refractivity contribution in [3.8, 4) is 5.75 Å². The first-order valence-corrected chi connectivity index (χ1v) is 5.47. The summed E-state index contributed by atoms with van der Waals surface area (Å²) in [5, 5.41) is 8.76. The van der Waals surface area contributed by atoms with E-state index in [9.17, 15) is 14.0 Å². The van der Waals surface area contributed by atoms with Crippen molar-refractivity contribution in [1.82, 2.24) is 4.90 Å². The molecule has 104 valence electrons. The number of rotatable bonds is 7. The maximum Gasteiger partial charge on any atom is 0.317 e. The molecule has 1 amide bonds. The van der Waals surface area contributed by atoms with Gasteiger partial charge in [-0.15, -0.1) is 0 Å². The summed E-state index contributed by atoms with van der Waals surface area (Å²) < 4.78 is 18.2. The van der Waals surface area contributed by atoms with Crippen LogP contribution in [0, 0.1) is 5.82 Å². The van der Waals surface area contributed by atoms with E-state index in [0.29, 0.717) is 11.3 Å². The number of benzene rings is 1. The first-order chi connectivity index (χ1) is 8.92. The minimum absolute atomic E-state index is 0.0518. The van der Waals surface area contributed by atoms with E-state index in [2.05, 4.69) is 0 Å². The van der Waals surface area contributed by atoms with Gasteiger partial charge in [-0.25, -0.2) is 4.39 Å². The summed E-state index contributed by atoms with van der Waals surface area (Å²) in [4.78, 5) is 22.9. The zero-order valence-electron chi connectivity index (χ0n) is 10.4. The van der Waals surface area contributed by atoms with Crippen LogP contribution in [-0.4, -0.2) is 42.1 Å². The first kappa shape index (κ1) is 14.9. The second-order valence-electron chi connectivity index (χ2n) is 3.96. The van der Waals surface area contributed by atoms with Crippen LogP contribution in [0.4, 0.5) is 4.39 Å². The molecule has 0 saturated carbocycles. The molecule has 0 unspecified atom stereocenters. The normalized spacial score (nSPS) is 10.5. The Bertz CT molecular complexity index is 463. The Hall–Kier alpha value is -2.15. The molecule has 3 N–H and O–H groups in total. The van der Waals surface area contributed by atoms with Crippen LogP contribution in [-0.2, 0) is 16.1 Å². The topological polar surface area (TPSA) is 92.9 Å². The number of carbonyl (C=O) groups excluding carboxylic acids is 1. The van der Waals surface area contributed by atoms with Crippen molar-refractivity contribution in [3.05, 3.63) is 29.6 Å². The van der Waals surface area contributed by atoms with Gasteiger partial charge < -0.3 is 15.6 Å². The van der Waals surface area contributed by atoms with E-state index in [0.717, 1.165) is 0 Å². The molecule has 1 aromatic rings. The van der Waals surface area contributed by atoms with Gasteiger partial charge in [-0.3, -0.25) is 14.5 Å². The lowest BCUT2D eigenvalue weighted by atomic mass is 10.1. The Morgan fingerprint density at radius 2 is 2.11 bits per heavy atom. The fourth-order valence-electron chi connectivity index (χ4n) is 1.69. The molecule has 0 bridgehead atoms. The molecule has 19 heavy (non-hydrogen) atoms. The van der Waals surface area contributed by atoms with E-state index in [-0.39, 0.29) is 19.6 Å². The number of carboxylic acids is 1. The second kappa shape index (κ2) is 6.69. The summed E-state index contributed by atoms with van der Waals surface area (Å²) in [6, 6.07) is 3.90. The lowest BCUT2D eigenvalue weighted by Crippen LogP contribution is -2.37. The summed E-state index contributed by atoms with van der Waals surface area (Å²) in [5.74, 6) is -1.81. The number of primary amides is 1. The van der Waals surface area contributed by atoms with Gasteiger partial charge in [-0.1, -0.05) is 0 Å². The first-order valence-electron chi connectivity index (χ1n) is 5.47. The molecule has 0 saturated heterocycles. The van der Waals surface area contributed by atoms with Crippen molar-refractivity contribution in [3.63, 3.8) is 0 Å². The molecular formula is C12H15FN2O4. The zero-order chi connectivity index (χ0) is 14.4. The highest BCUT2D eigenvalue weighted by Gasteiger charge is 2.15. The van der Waals surface area contributed by atoms with E-state index >= 15 is 0 Å². The van der Waals surface area contributed by atoms with Gasteiger partial charge in [-0.05, 0) is 18.2 Å². The number of halogens is 1. The van der Waals surface area contributed by atoms with Crippen molar-refractivity contribution in [2.75, 3.05) is 20.2 Å².